The average molecular weight is 362 g/mol. The molecule has 1 saturated carbocycles. The van der Waals surface area contributed by atoms with Crippen LogP contribution in [0.25, 0.3) is 10.4 Å². The summed E-state index contributed by atoms with van der Waals surface area (Å²) in [5.41, 5.74) is 2.51. The minimum Gasteiger partial charge on any atom is -0.278 e. The van der Waals surface area contributed by atoms with Crippen molar-refractivity contribution >= 4 is 38.4 Å². The first-order valence-electron chi connectivity index (χ1n) is 7.38. The van der Waals surface area contributed by atoms with Gasteiger partial charge in [-0.25, -0.2) is 8.42 Å². The SMILES string of the molecule is O=S(=O)(Nc1ccccc1-c1cccs1)c1sccc1C1CC1. The maximum atomic E-state index is 12.8. The van der Waals surface area contributed by atoms with E-state index in [1.807, 2.05) is 53.2 Å². The van der Waals surface area contributed by atoms with E-state index in [4.69, 9.17) is 0 Å². The number of hydrogen-bond acceptors (Lipinski definition) is 4. The predicted octanol–water partition coefficient (Wildman–Crippen LogP) is 5.15. The molecule has 0 bridgehead atoms. The number of nitrogens with one attached hydrogen (secondary N) is 1. The number of rotatable bonds is 5. The zero-order chi connectivity index (χ0) is 15.9. The normalized spacial score (nSPS) is 14.8. The quantitative estimate of drug-likeness (QED) is 0.683. The number of benzene rings is 1. The molecular weight excluding hydrogens is 346 g/mol. The molecule has 4 rings (SSSR count). The highest BCUT2D eigenvalue weighted by atomic mass is 32.2. The number of thiophene rings is 2. The summed E-state index contributed by atoms with van der Waals surface area (Å²) in [6.45, 7) is 0. The summed E-state index contributed by atoms with van der Waals surface area (Å²) in [6.07, 6.45) is 2.18. The summed E-state index contributed by atoms with van der Waals surface area (Å²) in [5.74, 6) is 0.417. The molecule has 1 aliphatic rings. The van der Waals surface area contributed by atoms with Gasteiger partial charge < -0.3 is 0 Å². The van der Waals surface area contributed by atoms with Crippen molar-refractivity contribution in [1.82, 2.24) is 0 Å². The molecule has 0 radical (unpaired) electrons. The van der Waals surface area contributed by atoms with E-state index in [9.17, 15) is 8.42 Å². The molecule has 118 valence electrons. The van der Waals surface area contributed by atoms with Crippen LogP contribution in [-0.2, 0) is 10.0 Å². The molecule has 2 heterocycles. The molecule has 6 heteroatoms. The van der Waals surface area contributed by atoms with Crippen LogP contribution >= 0.6 is 22.7 Å². The van der Waals surface area contributed by atoms with Crippen molar-refractivity contribution < 1.29 is 8.42 Å². The maximum Gasteiger partial charge on any atom is 0.271 e. The molecule has 0 spiro atoms. The van der Waals surface area contributed by atoms with Gasteiger partial charge in [0.15, 0.2) is 0 Å². The minimum atomic E-state index is -3.55. The molecular formula is C17H15NO2S3. The van der Waals surface area contributed by atoms with E-state index in [-0.39, 0.29) is 0 Å². The highest BCUT2D eigenvalue weighted by Crippen LogP contribution is 2.45. The van der Waals surface area contributed by atoms with E-state index >= 15 is 0 Å². The van der Waals surface area contributed by atoms with Gasteiger partial charge in [0.25, 0.3) is 10.0 Å². The van der Waals surface area contributed by atoms with Crippen LogP contribution in [0.15, 0.2) is 57.4 Å². The lowest BCUT2D eigenvalue weighted by Crippen LogP contribution is -2.13. The summed E-state index contributed by atoms with van der Waals surface area (Å²) in [4.78, 5) is 1.05. The molecule has 0 aliphatic heterocycles. The Morgan fingerprint density at radius 1 is 0.957 bits per heavy atom. The molecule has 3 nitrogen and oxygen atoms in total. The maximum absolute atomic E-state index is 12.8. The highest BCUT2D eigenvalue weighted by Gasteiger charge is 2.31. The fraction of sp³-hybridized carbons (Fsp3) is 0.176. The van der Waals surface area contributed by atoms with Crippen molar-refractivity contribution in [1.29, 1.82) is 0 Å². The van der Waals surface area contributed by atoms with E-state index in [1.54, 1.807) is 11.3 Å². The fourth-order valence-corrected chi connectivity index (χ4v) is 6.01. The Labute approximate surface area is 143 Å². The van der Waals surface area contributed by atoms with Crippen molar-refractivity contribution in [3.8, 4) is 10.4 Å². The van der Waals surface area contributed by atoms with Gasteiger partial charge >= 0.3 is 0 Å². The Morgan fingerprint density at radius 2 is 1.78 bits per heavy atom. The van der Waals surface area contributed by atoms with Crippen LogP contribution in [0.5, 0.6) is 0 Å². The van der Waals surface area contributed by atoms with Gasteiger partial charge in [0.1, 0.15) is 4.21 Å². The number of anilines is 1. The first-order valence-corrected chi connectivity index (χ1v) is 10.6. The van der Waals surface area contributed by atoms with Crippen LogP contribution in [0, 0.1) is 0 Å². The zero-order valence-electron chi connectivity index (χ0n) is 12.2. The van der Waals surface area contributed by atoms with Crippen molar-refractivity contribution in [2.24, 2.45) is 0 Å². The monoisotopic (exact) mass is 361 g/mol. The van der Waals surface area contributed by atoms with Gasteiger partial charge in [-0.15, -0.1) is 22.7 Å². The van der Waals surface area contributed by atoms with E-state index < -0.39 is 10.0 Å². The van der Waals surface area contributed by atoms with Crippen LogP contribution in [-0.4, -0.2) is 8.42 Å². The third kappa shape index (κ3) is 2.94. The second kappa shape index (κ2) is 5.78. The lowest BCUT2D eigenvalue weighted by atomic mass is 10.1. The second-order valence-corrected chi connectivity index (χ2v) is 9.31. The minimum absolute atomic E-state index is 0.417. The Balaban J connectivity index is 1.72. The fourth-order valence-electron chi connectivity index (χ4n) is 2.63. The van der Waals surface area contributed by atoms with Crippen molar-refractivity contribution in [2.75, 3.05) is 4.72 Å². The summed E-state index contributed by atoms with van der Waals surface area (Å²) >= 11 is 2.90. The summed E-state index contributed by atoms with van der Waals surface area (Å²) < 4.78 is 28.9. The summed E-state index contributed by atoms with van der Waals surface area (Å²) in [5, 5.41) is 3.86. The van der Waals surface area contributed by atoms with Gasteiger partial charge in [-0.1, -0.05) is 24.3 Å². The van der Waals surface area contributed by atoms with Crippen LogP contribution in [0.1, 0.15) is 24.3 Å². The first kappa shape index (κ1) is 14.9. The molecule has 1 N–H and O–H groups in total. The topological polar surface area (TPSA) is 46.2 Å². The Morgan fingerprint density at radius 3 is 2.52 bits per heavy atom. The molecule has 0 amide bonds. The summed E-state index contributed by atoms with van der Waals surface area (Å²) in [6, 6.07) is 13.5. The van der Waals surface area contributed by atoms with E-state index in [0.717, 1.165) is 28.8 Å². The average Bonchev–Trinajstić information content (AvgIpc) is 3.04. The molecule has 1 aromatic carbocycles. The molecule has 0 atom stereocenters. The molecule has 1 fully saturated rings. The van der Waals surface area contributed by atoms with E-state index in [0.29, 0.717) is 15.8 Å². The molecule has 0 unspecified atom stereocenters. The van der Waals surface area contributed by atoms with Crippen molar-refractivity contribution in [3.63, 3.8) is 0 Å². The molecule has 2 aromatic heterocycles. The summed E-state index contributed by atoms with van der Waals surface area (Å²) in [7, 11) is -3.55. The van der Waals surface area contributed by atoms with Gasteiger partial charge in [0, 0.05) is 10.4 Å². The highest BCUT2D eigenvalue weighted by molar-refractivity contribution is 7.94. The van der Waals surface area contributed by atoms with E-state index in [1.165, 1.54) is 11.3 Å². The number of hydrogen-bond donors (Lipinski definition) is 1. The van der Waals surface area contributed by atoms with Crippen LogP contribution in [0.2, 0.25) is 0 Å². The predicted molar refractivity (Wildman–Crippen MR) is 96.9 cm³/mol. The Hall–Kier alpha value is -1.63. The van der Waals surface area contributed by atoms with Crippen LogP contribution in [0.3, 0.4) is 0 Å². The molecule has 0 saturated heterocycles. The third-order valence-electron chi connectivity index (χ3n) is 3.88. The Bertz CT molecular complexity index is 922. The lowest BCUT2D eigenvalue weighted by molar-refractivity contribution is 0.602. The lowest BCUT2D eigenvalue weighted by Gasteiger charge is -2.12. The van der Waals surface area contributed by atoms with Crippen LogP contribution in [0.4, 0.5) is 5.69 Å². The zero-order valence-corrected chi connectivity index (χ0v) is 14.7. The largest absolute Gasteiger partial charge is 0.278 e. The molecule has 23 heavy (non-hydrogen) atoms. The van der Waals surface area contributed by atoms with Gasteiger partial charge in [0.2, 0.25) is 0 Å². The number of para-hydroxylation sites is 1. The van der Waals surface area contributed by atoms with E-state index in [2.05, 4.69) is 4.72 Å². The van der Waals surface area contributed by atoms with Crippen molar-refractivity contribution in [3.05, 3.63) is 58.8 Å². The van der Waals surface area contributed by atoms with Gasteiger partial charge in [-0.05, 0) is 53.3 Å². The third-order valence-corrected chi connectivity index (χ3v) is 7.66. The smallest absolute Gasteiger partial charge is 0.271 e. The van der Waals surface area contributed by atoms with Gasteiger partial charge in [-0.2, -0.15) is 0 Å². The molecule has 3 aromatic rings. The van der Waals surface area contributed by atoms with Crippen LogP contribution < -0.4 is 4.72 Å². The first-order chi connectivity index (χ1) is 11.1. The molecule has 1 aliphatic carbocycles. The van der Waals surface area contributed by atoms with Crippen molar-refractivity contribution in [2.45, 2.75) is 23.0 Å². The standard InChI is InChI=1S/C17H15NO2S3/c19-23(20,17-13(9-11-22-17)12-7-8-12)18-15-5-2-1-4-14(15)16-6-3-10-21-16/h1-6,9-12,18H,7-8H2. The van der Waals surface area contributed by atoms with Gasteiger partial charge in [-0.3, -0.25) is 4.72 Å². The second-order valence-electron chi connectivity index (χ2n) is 5.57. The Kier molecular flexibility index (Phi) is 3.75. The number of sulfonamides is 1. The van der Waals surface area contributed by atoms with Gasteiger partial charge in [0.05, 0.1) is 5.69 Å².